The van der Waals surface area contributed by atoms with Crippen LogP contribution in [0.4, 0.5) is 15.0 Å². The molecule has 4 heterocycles. The number of hydrogen-bond acceptors (Lipinski definition) is 7. The first kappa shape index (κ1) is 28.0. The van der Waals surface area contributed by atoms with Crippen molar-refractivity contribution in [3.63, 3.8) is 0 Å². The van der Waals surface area contributed by atoms with E-state index in [9.17, 15) is 4.79 Å². The summed E-state index contributed by atoms with van der Waals surface area (Å²) in [5.74, 6) is 0.186. The number of aromatic nitrogens is 6. The Labute approximate surface area is 247 Å². The van der Waals surface area contributed by atoms with Crippen molar-refractivity contribution < 1.29 is 18.7 Å². The van der Waals surface area contributed by atoms with Gasteiger partial charge in [-0.3, -0.25) is 4.90 Å². The quantitative estimate of drug-likeness (QED) is 0.140. The number of carbonyl (C=O) groups is 1. The molecule has 6 rings (SSSR count). The molecule has 0 aliphatic carbocycles. The van der Waals surface area contributed by atoms with E-state index in [0.717, 1.165) is 11.6 Å². The molecule has 1 fully saturated rings. The molecule has 3 aromatic heterocycles. The first-order valence-electron chi connectivity index (χ1n) is 13.5. The van der Waals surface area contributed by atoms with Crippen molar-refractivity contribution >= 4 is 37.2 Å². The molecule has 1 aliphatic rings. The molecule has 0 bridgehead atoms. The molecule has 13 heteroatoms. The lowest BCUT2D eigenvalue weighted by molar-refractivity contribution is 0.0784. The molecule has 2 aromatic carbocycles. The third-order valence-corrected chi connectivity index (χ3v) is 8.96. The van der Waals surface area contributed by atoms with Crippen LogP contribution in [0.25, 0.3) is 28.2 Å². The third kappa shape index (κ3) is 5.78. The Morgan fingerprint density at radius 2 is 1.93 bits per heavy atom. The molecule has 0 spiro atoms. The first-order chi connectivity index (χ1) is 20.2. The van der Waals surface area contributed by atoms with Gasteiger partial charge in [-0.1, -0.05) is 49.4 Å². The largest absolute Gasteiger partial charge is 0.447 e. The lowest BCUT2D eigenvalue weighted by Crippen LogP contribution is -2.28. The zero-order chi connectivity index (χ0) is 29.4. The molecular formula is C29H29ClFN7O3Si. The molecule has 0 radical (unpaired) electrons. The lowest BCUT2D eigenvalue weighted by Gasteiger charge is -2.21. The van der Waals surface area contributed by atoms with Crippen LogP contribution in [-0.2, 0) is 16.2 Å². The van der Waals surface area contributed by atoms with E-state index in [1.165, 1.54) is 17.3 Å². The van der Waals surface area contributed by atoms with Crippen molar-refractivity contribution in [1.82, 2.24) is 29.4 Å². The summed E-state index contributed by atoms with van der Waals surface area (Å²) in [5, 5.41) is 9.36. The highest BCUT2D eigenvalue weighted by atomic mass is 35.5. The Kier molecular flexibility index (Phi) is 7.52. The Morgan fingerprint density at radius 3 is 2.69 bits per heavy atom. The molecule has 0 N–H and O–H groups in total. The van der Waals surface area contributed by atoms with Crippen molar-refractivity contribution in [2.24, 2.45) is 0 Å². The molecule has 5 aromatic rings. The Bertz CT molecular complexity index is 1750. The maximum Gasteiger partial charge on any atom is 0.416 e. The average Bonchev–Trinajstić information content (AvgIpc) is 3.69. The van der Waals surface area contributed by atoms with Gasteiger partial charge in [0, 0.05) is 31.5 Å². The maximum absolute atomic E-state index is 15.4. The number of anilines is 1. The van der Waals surface area contributed by atoms with E-state index in [-0.39, 0.29) is 30.8 Å². The van der Waals surface area contributed by atoms with E-state index in [1.54, 1.807) is 51.9 Å². The summed E-state index contributed by atoms with van der Waals surface area (Å²) in [6.45, 7) is 7.97. The number of ether oxygens (including phenoxy) is 2. The van der Waals surface area contributed by atoms with Crippen LogP contribution >= 0.6 is 11.6 Å². The molecule has 216 valence electrons. The van der Waals surface area contributed by atoms with Crippen LogP contribution in [-0.4, -0.2) is 56.7 Å². The van der Waals surface area contributed by atoms with Crippen molar-refractivity contribution in [2.75, 3.05) is 18.1 Å². The summed E-state index contributed by atoms with van der Waals surface area (Å²) in [5.41, 5.74) is 2.78. The van der Waals surface area contributed by atoms with Crippen LogP contribution in [0, 0.1) is 5.82 Å². The Hall–Kier alpha value is -4.13. The van der Waals surface area contributed by atoms with Gasteiger partial charge in [-0.05, 0) is 47.5 Å². The van der Waals surface area contributed by atoms with E-state index < -0.39 is 20.0 Å². The van der Waals surface area contributed by atoms with Gasteiger partial charge in [0.15, 0.2) is 11.5 Å². The zero-order valence-corrected chi connectivity index (χ0v) is 25.1. The zero-order valence-electron chi connectivity index (χ0n) is 23.4. The molecule has 10 nitrogen and oxygen atoms in total. The second-order valence-corrected chi connectivity index (χ2v) is 17.3. The minimum Gasteiger partial charge on any atom is -0.447 e. The fourth-order valence-electron chi connectivity index (χ4n) is 4.68. The lowest BCUT2D eigenvalue weighted by atomic mass is 10.1. The highest BCUT2D eigenvalue weighted by Gasteiger charge is 2.36. The van der Waals surface area contributed by atoms with Crippen LogP contribution in [0.1, 0.15) is 11.6 Å². The van der Waals surface area contributed by atoms with Gasteiger partial charge in [-0.15, -0.1) is 5.10 Å². The monoisotopic (exact) mass is 605 g/mol. The Balaban J connectivity index is 1.24. The van der Waals surface area contributed by atoms with Crippen molar-refractivity contribution in [3.05, 3.63) is 83.7 Å². The van der Waals surface area contributed by atoms with Crippen LogP contribution < -0.4 is 4.90 Å². The van der Waals surface area contributed by atoms with Gasteiger partial charge in [0.05, 0.1) is 11.8 Å². The van der Waals surface area contributed by atoms with E-state index in [1.807, 2.05) is 12.1 Å². The number of amides is 1. The molecule has 1 aliphatic heterocycles. The first-order valence-corrected chi connectivity index (χ1v) is 17.6. The van der Waals surface area contributed by atoms with Crippen LogP contribution in [0.2, 0.25) is 30.7 Å². The topological polar surface area (TPSA) is 99.7 Å². The minimum absolute atomic E-state index is 0.181. The summed E-state index contributed by atoms with van der Waals surface area (Å²) in [4.78, 5) is 23.2. The van der Waals surface area contributed by atoms with Crippen molar-refractivity contribution in [3.8, 4) is 22.5 Å². The minimum atomic E-state index is -1.19. The van der Waals surface area contributed by atoms with Crippen LogP contribution in [0.15, 0.2) is 67.3 Å². The molecule has 42 heavy (non-hydrogen) atoms. The molecular weight excluding hydrogens is 577 g/mol. The number of nitrogens with zero attached hydrogens (tertiary/aromatic N) is 7. The number of benzene rings is 2. The van der Waals surface area contributed by atoms with E-state index >= 15 is 4.39 Å². The number of hydrogen-bond donors (Lipinski definition) is 0. The van der Waals surface area contributed by atoms with Gasteiger partial charge in [0.2, 0.25) is 0 Å². The second kappa shape index (κ2) is 11.3. The van der Waals surface area contributed by atoms with Crippen LogP contribution in [0.5, 0.6) is 0 Å². The number of cyclic esters (lactones) is 1. The van der Waals surface area contributed by atoms with Gasteiger partial charge >= 0.3 is 6.09 Å². The molecule has 1 saturated heterocycles. The maximum atomic E-state index is 15.4. The SMILES string of the molecule is C[Si](C)(C)CCOCn1cnc(-c2ccc(-c3cnn4ccc(N5C(=O)OC[C@H]5c5ccc(Cl)cc5)nc34)cc2F)n1. The molecule has 1 atom stereocenters. The highest BCUT2D eigenvalue weighted by molar-refractivity contribution is 6.76. The number of halogens is 2. The predicted octanol–water partition coefficient (Wildman–Crippen LogP) is 6.46. The summed E-state index contributed by atoms with van der Waals surface area (Å²) in [6.07, 6.45) is 4.36. The fourth-order valence-corrected chi connectivity index (χ4v) is 5.57. The second-order valence-electron chi connectivity index (χ2n) is 11.3. The van der Waals surface area contributed by atoms with Crippen molar-refractivity contribution in [1.29, 1.82) is 0 Å². The van der Waals surface area contributed by atoms with Gasteiger partial charge < -0.3 is 9.47 Å². The summed E-state index contributed by atoms with van der Waals surface area (Å²) in [6, 6.07) is 14.4. The van der Waals surface area contributed by atoms with Crippen LogP contribution in [0.3, 0.4) is 0 Å². The van der Waals surface area contributed by atoms with Gasteiger partial charge in [0.25, 0.3) is 0 Å². The van der Waals surface area contributed by atoms with Gasteiger partial charge in [-0.2, -0.15) is 5.10 Å². The van der Waals surface area contributed by atoms with E-state index in [4.69, 9.17) is 26.1 Å². The standard InChI is InChI=1S/C29H29ClFN7O3Si/c1-42(2,3)13-12-40-18-36-17-32-27(35-36)22-9-6-20(14-24(22)31)23-15-33-37-11-10-26(34-28(23)37)38-25(16-41-29(38)39)19-4-7-21(30)8-5-19/h4-11,14-15,17,25H,12-13,16,18H2,1-3H3/t25-/m0/s1. The van der Waals surface area contributed by atoms with E-state index in [2.05, 4.69) is 34.8 Å². The van der Waals surface area contributed by atoms with Crippen molar-refractivity contribution in [2.45, 2.75) is 38.5 Å². The summed E-state index contributed by atoms with van der Waals surface area (Å²) < 4.78 is 29.6. The predicted molar refractivity (Wildman–Crippen MR) is 160 cm³/mol. The summed E-state index contributed by atoms with van der Waals surface area (Å²) in [7, 11) is -1.19. The van der Waals surface area contributed by atoms with E-state index in [0.29, 0.717) is 34.2 Å². The van der Waals surface area contributed by atoms with Gasteiger partial charge in [0.1, 0.15) is 37.3 Å². The fraction of sp³-hybridized carbons (Fsp3) is 0.276. The molecule has 0 saturated carbocycles. The number of fused-ring (bicyclic) bond motifs is 1. The number of carbonyl (C=O) groups excluding carboxylic acids is 1. The Morgan fingerprint density at radius 1 is 1.12 bits per heavy atom. The average molecular weight is 606 g/mol. The normalized spacial score (nSPS) is 15.5. The number of rotatable bonds is 9. The smallest absolute Gasteiger partial charge is 0.416 e. The molecule has 1 amide bonds. The molecule has 0 unspecified atom stereocenters. The third-order valence-electron chi connectivity index (χ3n) is 7.01. The highest BCUT2D eigenvalue weighted by Crippen LogP contribution is 2.34. The van der Waals surface area contributed by atoms with Gasteiger partial charge in [-0.25, -0.2) is 28.4 Å². The summed E-state index contributed by atoms with van der Waals surface area (Å²) >= 11 is 6.05.